The van der Waals surface area contributed by atoms with E-state index in [0.717, 1.165) is 10.6 Å². The fourth-order valence-corrected chi connectivity index (χ4v) is 3.55. The van der Waals surface area contributed by atoms with Gasteiger partial charge in [-0.05, 0) is 36.8 Å². The van der Waals surface area contributed by atoms with Crippen molar-refractivity contribution in [2.45, 2.75) is 13.3 Å². The number of hydrazine groups is 1. The highest BCUT2D eigenvalue weighted by Crippen LogP contribution is 2.22. The van der Waals surface area contributed by atoms with Gasteiger partial charge in [-0.1, -0.05) is 41.4 Å². The first-order valence-electron chi connectivity index (χ1n) is 9.08. The second-order valence-corrected chi connectivity index (χ2v) is 7.66. The number of aryl methyl sites for hydroxylation is 1. The van der Waals surface area contributed by atoms with Gasteiger partial charge in [-0.2, -0.15) is 0 Å². The molecule has 0 saturated carbocycles. The molecule has 1 N–H and O–H groups in total. The molecule has 0 radical (unpaired) electrons. The van der Waals surface area contributed by atoms with Gasteiger partial charge in [-0.25, -0.2) is 0 Å². The number of rotatable bonds is 6. The number of carbonyl (C=O) groups is 4. The molecule has 2 aromatic carbocycles. The van der Waals surface area contributed by atoms with Crippen LogP contribution in [0.4, 0.5) is 0 Å². The van der Waals surface area contributed by atoms with Gasteiger partial charge in [-0.15, -0.1) is 0 Å². The van der Waals surface area contributed by atoms with Crippen molar-refractivity contribution >= 4 is 46.8 Å². The van der Waals surface area contributed by atoms with Crippen molar-refractivity contribution < 1.29 is 23.9 Å². The lowest BCUT2D eigenvalue weighted by Crippen LogP contribution is -2.43. The van der Waals surface area contributed by atoms with Gasteiger partial charge < -0.3 is 4.74 Å². The Morgan fingerprint density at radius 3 is 2.57 bits per heavy atom. The van der Waals surface area contributed by atoms with Crippen LogP contribution in [0.5, 0.6) is 0 Å². The van der Waals surface area contributed by atoms with Crippen LogP contribution in [0.25, 0.3) is 0 Å². The van der Waals surface area contributed by atoms with Gasteiger partial charge >= 0.3 is 5.97 Å². The highest BCUT2D eigenvalue weighted by Gasteiger charge is 2.37. The maximum absolute atomic E-state index is 12.4. The van der Waals surface area contributed by atoms with Crippen LogP contribution in [0, 0.1) is 12.8 Å². The summed E-state index contributed by atoms with van der Waals surface area (Å²) < 4.78 is 5.06. The molecule has 7 nitrogen and oxygen atoms in total. The minimum atomic E-state index is -0.789. The lowest BCUT2D eigenvalue weighted by molar-refractivity contribution is -0.147. The summed E-state index contributed by atoms with van der Waals surface area (Å²) in [7, 11) is 0. The largest absolute Gasteiger partial charge is 0.457 e. The Morgan fingerprint density at radius 2 is 1.87 bits per heavy atom. The summed E-state index contributed by atoms with van der Waals surface area (Å²) in [5, 5.41) is 1.63. The Hall–Kier alpha value is -2.90. The molecule has 0 aromatic heterocycles. The Morgan fingerprint density at radius 1 is 1.13 bits per heavy atom. The Kier molecular flexibility index (Phi) is 6.74. The average molecular weight is 449 g/mol. The number of amides is 2. The van der Waals surface area contributed by atoms with E-state index in [-0.39, 0.29) is 23.6 Å². The molecule has 2 aromatic rings. The molecule has 0 spiro atoms. The zero-order chi connectivity index (χ0) is 21.8. The lowest BCUT2D eigenvalue weighted by Gasteiger charge is -2.18. The third kappa shape index (κ3) is 4.98. The van der Waals surface area contributed by atoms with Gasteiger partial charge in [0.1, 0.15) is 0 Å². The van der Waals surface area contributed by atoms with Crippen molar-refractivity contribution in [3.8, 4) is 0 Å². The van der Waals surface area contributed by atoms with E-state index in [0.29, 0.717) is 10.6 Å². The third-order valence-electron chi connectivity index (χ3n) is 4.66. The molecule has 0 aliphatic carbocycles. The predicted octanol–water partition coefficient (Wildman–Crippen LogP) is 3.22. The summed E-state index contributed by atoms with van der Waals surface area (Å²) in [6, 6.07) is 11.3. The number of hydrogen-bond donors (Lipinski definition) is 1. The third-order valence-corrected chi connectivity index (χ3v) is 5.21. The van der Waals surface area contributed by atoms with Crippen molar-refractivity contribution in [3.63, 3.8) is 0 Å². The molecule has 156 valence electrons. The van der Waals surface area contributed by atoms with Gasteiger partial charge in [0, 0.05) is 22.6 Å². The highest BCUT2D eigenvalue weighted by atomic mass is 35.5. The summed E-state index contributed by atoms with van der Waals surface area (Å²) in [5.41, 5.74) is 3.89. The SMILES string of the molecule is Cc1ccccc1C(=O)NN1C[C@@H](C(=O)OCC(=O)c2ccc(Cl)cc2Cl)CC1=O. The van der Waals surface area contributed by atoms with Gasteiger partial charge in [0.15, 0.2) is 6.61 Å². The minimum absolute atomic E-state index is 0.0365. The van der Waals surface area contributed by atoms with E-state index in [4.69, 9.17) is 27.9 Å². The van der Waals surface area contributed by atoms with Crippen molar-refractivity contribution in [1.82, 2.24) is 10.4 Å². The quantitative estimate of drug-likeness (QED) is 0.540. The molecule has 1 aliphatic rings. The van der Waals surface area contributed by atoms with Gasteiger partial charge in [0.05, 0.1) is 17.5 Å². The molecule has 2 amide bonds. The number of hydrogen-bond acceptors (Lipinski definition) is 5. The summed E-state index contributed by atoms with van der Waals surface area (Å²) in [6.45, 7) is 1.23. The van der Waals surface area contributed by atoms with Crippen LogP contribution in [0.15, 0.2) is 42.5 Å². The molecule has 1 saturated heterocycles. The first-order chi connectivity index (χ1) is 14.3. The maximum Gasteiger partial charge on any atom is 0.311 e. The fourth-order valence-electron chi connectivity index (χ4n) is 3.03. The molecule has 3 rings (SSSR count). The number of halogens is 2. The fraction of sp³-hybridized carbons (Fsp3) is 0.238. The van der Waals surface area contributed by atoms with Crippen LogP contribution < -0.4 is 5.43 Å². The van der Waals surface area contributed by atoms with Crippen LogP contribution in [-0.4, -0.2) is 41.7 Å². The highest BCUT2D eigenvalue weighted by molar-refractivity contribution is 6.36. The lowest BCUT2D eigenvalue weighted by atomic mass is 10.1. The number of ketones is 1. The van der Waals surface area contributed by atoms with Crippen LogP contribution in [0.1, 0.15) is 32.7 Å². The molecule has 9 heteroatoms. The van der Waals surface area contributed by atoms with E-state index in [9.17, 15) is 19.2 Å². The van der Waals surface area contributed by atoms with E-state index in [2.05, 4.69) is 5.43 Å². The molecule has 1 fully saturated rings. The Bertz CT molecular complexity index is 1020. The summed E-state index contributed by atoms with van der Waals surface area (Å²) in [6.07, 6.45) is -0.122. The van der Waals surface area contributed by atoms with Crippen molar-refractivity contribution in [1.29, 1.82) is 0 Å². The molecule has 0 unspecified atom stereocenters. The van der Waals surface area contributed by atoms with E-state index in [1.54, 1.807) is 31.2 Å². The summed E-state index contributed by atoms with van der Waals surface area (Å²) >= 11 is 11.8. The van der Waals surface area contributed by atoms with Crippen LogP contribution in [0.3, 0.4) is 0 Å². The van der Waals surface area contributed by atoms with Gasteiger partial charge in [0.2, 0.25) is 11.7 Å². The number of benzene rings is 2. The predicted molar refractivity (Wildman–Crippen MR) is 110 cm³/mol. The number of Topliss-reactive ketones (excluding diaryl/α,β-unsaturated/α-hetero) is 1. The molecule has 0 bridgehead atoms. The van der Waals surface area contributed by atoms with Crippen LogP contribution in [0.2, 0.25) is 10.0 Å². The first-order valence-corrected chi connectivity index (χ1v) is 9.83. The van der Waals surface area contributed by atoms with Gasteiger partial charge in [0.25, 0.3) is 5.91 Å². The molecule has 1 heterocycles. The topological polar surface area (TPSA) is 92.8 Å². The molecular weight excluding hydrogens is 431 g/mol. The second-order valence-electron chi connectivity index (χ2n) is 6.82. The number of ether oxygens (including phenoxy) is 1. The number of esters is 1. The van der Waals surface area contributed by atoms with Crippen molar-refractivity contribution in [2.24, 2.45) is 5.92 Å². The normalized spacial score (nSPS) is 15.8. The molecular formula is C21H18Cl2N2O5. The second kappa shape index (κ2) is 9.28. The Balaban J connectivity index is 1.55. The Labute approximate surface area is 182 Å². The van der Waals surface area contributed by atoms with Gasteiger partial charge in [-0.3, -0.25) is 29.6 Å². The standard InChI is InChI=1S/C21H18Cl2N2O5/c1-12-4-2-3-5-15(12)20(28)24-25-10-13(8-19(25)27)21(29)30-11-18(26)16-7-6-14(22)9-17(16)23/h2-7,9,13H,8,10-11H2,1H3,(H,24,28)/t13-/m0/s1. The first kappa shape index (κ1) is 21.8. The average Bonchev–Trinajstić information content (AvgIpc) is 3.06. The van der Waals surface area contributed by atoms with Crippen molar-refractivity contribution in [2.75, 3.05) is 13.2 Å². The number of carbonyl (C=O) groups excluding carboxylic acids is 4. The number of nitrogens with zero attached hydrogens (tertiary/aromatic N) is 1. The smallest absolute Gasteiger partial charge is 0.311 e. The monoisotopic (exact) mass is 448 g/mol. The maximum atomic E-state index is 12.4. The molecule has 1 atom stereocenters. The minimum Gasteiger partial charge on any atom is -0.457 e. The van der Waals surface area contributed by atoms with Crippen LogP contribution >= 0.6 is 23.2 Å². The zero-order valence-electron chi connectivity index (χ0n) is 16.0. The van der Waals surface area contributed by atoms with E-state index in [1.807, 2.05) is 0 Å². The van der Waals surface area contributed by atoms with E-state index < -0.39 is 36.1 Å². The van der Waals surface area contributed by atoms with Crippen LogP contribution in [-0.2, 0) is 14.3 Å². The summed E-state index contributed by atoms with van der Waals surface area (Å²) in [5.74, 6) is -2.83. The zero-order valence-corrected chi connectivity index (χ0v) is 17.5. The van der Waals surface area contributed by atoms with Crippen molar-refractivity contribution in [3.05, 3.63) is 69.2 Å². The van der Waals surface area contributed by atoms with E-state index in [1.165, 1.54) is 18.2 Å². The molecule has 1 aliphatic heterocycles. The molecule has 30 heavy (non-hydrogen) atoms. The number of nitrogens with one attached hydrogen (secondary N) is 1. The van der Waals surface area contributed by atoms with E-state index >= 15 is 0 Å². The summed E-state index contributed by atoms with van der Waals surface area (Å²) in [4.78, 5) is 49.1.